The lowest BCUT2D eigenvalue weighted by Crippen LogP contribution is -2.38. The molecule has 4 rings (SSSR count). The Hall–Kier alpha value is -3.28. The maximum atomic E-state index is 14.1. The summed E-state index contributed by atoms with van der Waals surface area (Å²) in [5.74, 6) is 1.09. The highest BCUT2D eigenvalue weighted by atomic mass is 31.2. The van der Waals surface area contributed by atoms with Crippen molar-refractivity contribution >= 4 is 13.5 Å². The molecule has 0 bridgehead atoms. The van der Waals surface area contributed by atoms with Crippen LogP contribution in [0.5, 0.6) is 17.2 Å². The van der Waals surface area contributed by atoms with E-state index in [1.807, 2.05) is 38.1 Å². The van der Waals surface area contributed by atoms with E-state index in [9.17, 15) is 14.5 Å². The van der Waals surface area contributed by atoms with Crippen LogP contribution in [-0.4, -0.2) is 29.6 Å². The summed E-state index contributed by atoms with van der Waals surface area (Å²) in [6.45, 7) is 9.83. The first-order valence-corrected chi connectivity index (χ1v) is 16.7. The van der Waals surface area contributed by atoms with E-state index in [2.05, 4.69) is 25.0 Å². The number of aryl methyl sites for hydroxylation is 2. The van der Waals surface area contributed by atoms with E-state index in [-0.39, 0.29) is 18.4 Å². The number of esters is 1. The first kappa shape index (κ1) is 31.7. The van der Waals surface area contributed by atoms with Gasteiger partial charge in [0.15, 0.2) is 6.35 Å². The van der Waals surface area contributed by atoms with Crippen molar-refractivity contribution in [3.05, 3.63) is 88.5 Å². The van der Waals surface area contributed by atoms with E-state index in [4.69, 9.17) is 14.0 Å². The van der Waals surface area contributed by atoms with Crippen molar-refractivity contribution in [2.45, 2.75) is 91.2 Å². The van der Waals surface area contributed by atoms with Gasteiger partial charge < -0.3 is 19.1 Å². The van der Waals surface area contributed by atoms with Gasteiger partial charge in [-0.2, -0.15) is 0 Å². The number of phenols is 1. The smallest absolute Gasteiger partial charge is 0.354 e. The lowest BCUT2D eigenvalue weighted by Gasteiger charge is -2.26. The normalized spacial score (nSPS) is 16.0. The van der Waals surface area contributed by atoms with E-state index in [0.29, 0.717) is 17.2 Å². The highest BCUT2D eigenvalue weighted by Gasteiger charge is 2.33. The SMILES string of the molecule is Cc1cc(OCP(=O)(N[C@@H](C)C(=O)OC2CCCCC2)Oc2ccccc2)cc(C)c1Cc1ccc(O)c(C(C)C)c1. The van der Waals surface area contributed by atoms with Crippen LogP contribution in [0.3, 0.4) is 0 Å². The van der Waals surface area contributed by atoms with Gasteiger partial charge in [-0.15, -0.1) is 0 Å². The van der Waals surface area contributed by atoms with E-state index < -0.39 is 19.5 Å². The molecule has 0 spiro atoms. The van der Waals surface area contributed by atoms with Gasteiger partial charge in [-0.25, -0.2) is 5.09 Å². The summed E-state index contributed by atoms with van der Waals surface area (Å²) in [7, 11) is -3.68. The minimum Gasteiger partial charge on any atom is -0.508 e. The summed E-state index contributed by atoms with van der Waals surface area (Å²) in [5, 5.41) is 13.1. The third-order valence-corrected chi connectivity index (χ3v) is 9.50. The van der Waals surface area contributed by atoms with Crippen molar-refractivity contribution in [1.29, 1.82) is 0 Å². The van der Waals surface area contributed by atoms with Crippen molar-refractivity contribution in [2.75, 3.05) is 6.35 Å². The molecule has 3 aromatic carbocycles. The van der Waals surface area contributed by atoms with Crippen LogP contribution < -0.4 is 14.3 Å². The van der Waals surface area contributed by atoms with Gasteiger partial charge in [0.25, 0.3) is 0 Å². The largest absolute Gasteiger partial charge is 0.508 e. The van der Waals surface area contributed by atoms with Crippen LogP contribution in [0.2, 0.25) is 0 Å². The maximum absolute atomic E-state index is 14.1. The number of ether oxygens (including phenoxy) is 2. The Labute approximate surface area is 250 Å². The quantitative estimate of drug-likeness (QED) is 0.162. The highest BCUT2D eigenvalue weighted by Crippen LogP contribution is 2.44. The second kappa shape index (κ2) is 14.3. The number of aromatic hydroxyl groups is 1. The molecule has 1 unspecified atom stereocenters. The average molecular weight is 594 g/mol. The van der Waals surface area contributed by atoms with E-state index in [1.165, 1.54) is 5.56 Å². The lowest BCUT2D eigenvalue weighted by molar-refractivity contribution is -0.152. The molecule has 42 heavy (non-hydrogen) atoms. The number of hydrogen-bond donors (Lipinski definition) is 2. The predicted molar refractivity (Wildman–Crippen MR) is 167 cm³/mol. The lowest BCUT2D eigenvalue weighted by atomic mass is 9.93. The van der Waals surface area contributed by atoms with Gasteiger partial charge in [-0.05, 0) is 117 Å². The molecule has 2 N–H and O–H groups in total. The zero-order valence-electron chi connectivity index (χ0n) is 25.4. The molecule has 0 aliphatic heterocycles. The summed E-state index contributed by atoms with van der Waals surface area (Å²) < 4.78 is 31.8. The number of nitrogens with one attached hydrogen (secondary N) is 1. The van der Waals surface area contributed by atoms with Gasteiger partial charge in [0.05, 0.1) is 0 Å². The number of carbonyl (C=O) groups excluding carboxylic acids is 1. The van der Waals surface area contributed by atoms with Gasteiger partial charge in [0, 0.05) is 0 Å². The van der Waals surface area contributed by atoms with Crippen molar-refractivity contribution in [3.8, 4) is 17.2 Å². The first-order chi connectivity index (χ1) is 20.0. The molecular weight excluding hydrogens is 549 g/mol. The van der Waals surface area contributed by atoms with Crippen molar-refractivity contribution in [3.63, 3.8) is 0 Å². The fourth-order valence-electron chi connectivity index (χ4n) is 5.39. The third kappa shape index (κ3) is 8.62. The number of benzene rings is 3. The van der Waals surface area contributed by atoms with E-state index in [1.54, 1.807) is 37.3 Å². The monoisotopic (exact) mass is 593 g/mol. The predicted octanol–water partition coefficient (Wildman–Crippen LogP) is 8.19. The number of para-hydroxylation sites is 1. The molecule has 226 valence electrons. The second-order valence-corrected chi connectivity index (χ2v) is 13.7. The molecule has 7 nitrogen and oxygen atoms in total. The maximum Gasteiger partial charge on any atom is 0.354 e. The molecule has 8 heteroatoms. The summed E-state index contributed by atoms with van der Waals surface area (Å²) >= 11 is 0. The van der Waals surface area contributed by atoms with E-state index in [0.717, 1.165) is 60.8 Å². The number of carbonyl (C=O) groups is 1. The molecule has 1 aliphatic rings. The Kier molecular flexibility index (Phi) is 10.7. The van der Waals surface area contributed by atoms with Crippen molar-refractivity contribution in [1.82, 2.24) is 5.09 Å². The summed E-state index contributed by atoms with van der Waals surface area (Å²) in [5.41, 5.74) is 5.31. The Morgan fingerprint density at radius 3 is 2.26 bits per heavy atom. The van der Waals surface area contributed by atoms with Crippen LogP contribution in [0, 0.1) is 13.8 Å². The van der Waals surface area contributed by atoms with Gasteiger partial charge >= 0.3 is 13.5 Å². The summed E-state index contributed by atoms with van der Waals surface area (Å²) in [4.78, 5) is 12.9. The Morgan fingerprint density at radius 1 is 0.952 bits per heavy atom. The van der Waals surface area contributed by atoms with Crippen molar-refractivity contribution in [2.24, 2.45) is 0 Å². The first-order valence-electron chi connectivity index (χ1n) is 14.9. The van der Waals surface area contributed by atoms with Crippen molar-refractivity contribution < 1.29 is 28.5 Å². The summed E-state index contributed by atoms with van der Waals surface area (Å²) in [6.07, 6.45) is 5.34. The van der Waals surface area contributed by atoms with Crippen LogP contribution >= 0.6 is 7.52 Å². The zero-order chi connectivity index (χ0) is 30.3. The number of rotatable bonds is 12. The van der Waals surface area contributed by atoms with E-state index >= 15 is 0 Å². The van der Waals surface area contributed by atoms with Crippen LogP contribution in [-0.2, 0) is 20.5 Å². The second-order valence-electron chi connectivity index (χ2n) is 11.7. The van der Waals surface area contributed by atoms with Crippen LogP contribution in [0.25, 0.3) is 0 Å². The molecule has 0 radical (unpaired) electrons. The van der Waals surface area contributed by atoms with Gasteiger partial charge in [0.1, 0.15) is 29.4 Å². The topological polar surface area (TPSA) is 94.1 Å². The molecule has 0 amide bonds. The minimum atomic E-state index is -3.68. The molecule has 1 fully saturated rings. The molecule has 0 heterocycles. The Balaban J connectivity index is 1.48. The molecule has 1 saturated carbocycles. The minimum absolute atomic E-state index is 0.0934. The van der Waals surface area contributed by atoms with Gasteiger partial charge in [-0.1, -0.05) is 50.6 Å². The molecule has 1 aliphatic carbocycles. The zero-order valence-corrected chi connectivity index (χ0v) is 26.3. The van der Waals surface area contributed by atoms with Gasteiger partial charge in [0.2, 0.25) is 0 Å². The fraction of sp³-hybridized carbons (Fsp3) is 0.441. The van der Waals surface area contributed by atoms with Crippen LogP contribution in [0.4, 0.5) is 0 Å². The molecular formula is C34H44NO6P. The molecule has 0 aromatic heterocycles. The van der Waals surface area contributed by atoms with Crippen LogP contribution in [0.15, 0.2) is 60.7 Å². The number of hydrogen-bond acceptors (Lipinski definition) is 6. The number of phenolic OH excluding ortho intramolecular Hbond substituents is 1. The third-order valence-electron chi connectivity index (χ3n) is 7.74. The van der Waals surface area contributed by atoms with Crippen LogP contribution in [0.1, 0.15) is 86.6 Å². The summed E-state index contributed by atoms with van der Waals surface area (Å²) in [6, 6.07) is 17.7. The molecule has 2 atom stereocenters. The standard InChI is InChI=1S/C34H44NO6P/c1-23(2)31-20-27(16-17-33(31)36)21-32-24(3)18-30(19-25(32)4)39-22-42(38,41-29-14-10-7-11-15-29)35-26(5)34(37)40-28-12-8-6-9-13-28/h7,10-11,14-20,23,26,28,36H,6,8-9,12-13,21-22H2,1-5H3,(H,35,38)/t26-,42?/m0/s1. The Morgan fingerprint density at radius 2 is 1.62 bits per heavy atom. The molecule has 3 aromatic rings. The highest BCUT2D eigenvalue weighted by molar-refractivity contribution is 7.57. The molecule has 0 saturated heterocycles. The van der Waals surface area contributed by atoms with Gasteiger partial charge in [-0.3, -0.25) is 9.36 Å². The Bertz CT molecular complexity index is 1380. The average Bonchev–Trinajstić information content (AvgIpc) is 2.95. The fourth-order valence-corrected chi connectivity index (χ4v) is 7.05.